The molecular weight excluding hydrogens is 1270 g/mol. The summed E-state index contributed by atoms with van der Waals surface area (Å²) < 4.78 is 0. The molecule has 90 heavy (non-hydrogen) atoms. The van der Waals surface area contributed by atoms with Crippen LogP contribution in [0.3, 0.4) is 0 Å². The van der Waals surface area contributed by atoms with E-state index in [9.17, 15) is 0 Å². The van der Waals surface area contributed by atoms with E-state index in [0.717, 1.165) is 102 Å². The van der Waals surface area contributed by atoms with E-state index >= 15 is 0 Å². The molecule has 0 N–H and O–H groups in total. The Bertz CT molecular complexity index is 4490. The minimum Gasteiger partial charge on any atom is -0.493 e. The van der Waals surface area contributed by atoms with Crippen LogP contribution in [0.4, 0.5) is 57.0 Å². The van der Waals surface area contributed by atoms with E-state index in [1.165, 1.54) is 38.9 Å². The van der Waals surface area contributed by atoms with E-state index in [1.807, 2.05) is 6.20 Å². The maximum absolute atomic E-state index is 5.27. The molecule has 11 aromatic carbocycles. The van der Waals surface area contributed by atoms with Gasteiger partial charge in [0.05, 0.1) is 5.69 Å². The first-order valence-electron chi connectivity index (χ1n) is 31.0. The van der Waals surface area contributed by atoms with Crippen LogP contribution in [0, 0.1) is 18.8 Å². The van der Waals surface area contributed by atoms with Gasteiger partial charge in [-0.2, -0.15) is 6.07 Å². The molecule has 12 aromatic rings. The average molecular weight is 1350 g/mol. The van der Waals surface area contributed by atoms with Gasteiger partial charge >= 0.3 is 0 Å². The molecule has 2 aliphatic rings. The standard InChI is InChI=1S/C84H72N5.Pt/c1-82(2,3)63-43-46-80(85-55-63)89-76-40-22-21-39-72(76)70-37-19-20-38-71(70)73-45-44-67(54-79(73)89)88(66-35-17-12-18-36-66)69-50-64(83(4,5)6)49-68(53-69)86-56-87(78-42-24-23-41-77(78)86)81-74(61-33-25-31-59(47-61)57-27-13-10-14-28-57)51-65(84(7,8)9)52-75(81)62-34-26-32-60(48-62)58-29-15-11-16-30-58;/h10-52,55-56H,1-9H3;/q-3;. The van der Waals surface area contributed by atoms with E-state index in [2.05, 4.69) is 362 Å². The summed E-state index contributed by atoms with van der Waals surface area (Å²) in [5, 5.41) is 0. The Balaban J connectivity index is 0.00000743. The molecule has 1 aromatic heterocycles. The molecule has 14 rings (SSSR count). The number of hydrogen-bond donors (Lipinski definition) is 0. The molecule has 0 saturated heterocycles. The Kier molecular flexibility index (Phi) is 15.7. The first kappa shape index (κ1) is 59.4. The SMILES string of the molecule is CC(C)(C)c1ccc(N2c3[c-]c(N(c4[c-]c(N5[CH-]N(c6c(-c7cccc(-c8ccccc8)c7)cc(C(C)(C)C)cc6-c6cccc(-c7ccccc7)c6)c6ccccc65)cc(C(C)(C)C)c4)c4ccccc4)ccc3-c3ccccc3-c3ccccc32)nc1.[Pt]. The van der Waals surface area contributed by atoms with Gasteiger partial charge in [0.15, 0.2) is 0 Å². The van der Waals surface area contributed by atoms with Gasteiger partial charge in [0, 0.05) is 66.7 Å². The van der Waals surface area contributed by atoms with Crippen molar-refractivity contribution in [3.8, 4) is 66.8 Å². The quantitative estimate of drug-likeness (QED) is 0.127. The van der Waals surface area contributed by atoms with Crippen LogP contribution in [0.2, 0.25) is 0 Å². The number of aromatic nitrogens is 1. The molecule has 0 unspecified atom stereocenters. The van der Waals surface area contributed by atoms with Crippen molar-refractivity contribution in [3.63, 3.8) is 0 Å². The van der Waals surface area contributed by atoms with Crippen molar-refractivity contribution < 1.29 is 21.1 Å². The molecule has 0 atom stereocenters. The van der Waals surface area contributed by atoms with Gasteiger partial charge < -0.3 is 19.6 Å². The van der Waals surface area contributed by atoms with Gasteiger partial charge in [0.1, 0.15) is 5.82 Å². The number of rotatable bonds is 10. The van der Waals surface area contributed by atoms with Crippen LogP contribution in [0.5, 0.6) is 0 Å². The number of hydrogen-bond acceptors (Lipinski definition) is 5. The first-order chi connectivity index (χ1) is 43.0. The van der Waals surface area contributed by atoms with Gasteiger partial charge in [-0.15, -0.1) is 53.8 Å². The maximum Gasteiger partial charge on any atom is 0.135 e. The second-order valence-electron chi connectivity index (χ2n) is 26.6. The third-order valence-corrected chi connectivity index (χ3v) is 17.5. The average Bonchev–Trinajstić information content (AvgIpc) is 1.73. The molecule has 3 heterocycles. The van der Waals surface area contributed by atoms with Crippen molar-refractivity contribution >= 4 is 57.0 Å². The van der Waals surface area contributed by atoms with Gasteiger partial charge in [0.25, 0.3) is 0 Å². The summed E-state index contributed by atoms with van der Waals surface area (Å²) in [5.74, 6) is 0.822. The Morgan fingerprint density at radius 1 is 0.356 bits per heavy atom. The topological polar surface area (TPSA) is 25.9 Å². The van der Waals surface area contributed by atoms with E-state index < -0.39 is 0 Å². The van der Waals surface area contributed by atoms with E-state index in [0.29, 0.717) is 0 Å². The molecule has 0 bridgehead atoms. The van der Waals surface area contributed by atoms with Gasteiger partial charge in [-0.05, 0) is 127 Å². The minimum absolute atomic E-state index is 0. The van der Waals surface area contributed by atoms with Crippen LogP contribution >= 0.6 is 0 Å². The Hall–Kier alpha value is -9.54. The monoisotopic (exact) mass is 1350 g/mol. The van der Waals surface area contributed by atoms with Crippen LogP contribution in [-0.2, 0) is 37.3 Å². The summed E-state index contributed by atoms with van der Waals surface area (Å²) in [5.41, 5.74) is 25.7. The molecule has 0 radical (unpaired) electrons. The van der Waals surface area contributed by atoms with Crippen LogP contribution in [-0.4, -0.2) is 4.98 Å². The molecular formula is C84H72N5Pt-3. The molecule has 446 valence electrons. The molecule has 0 fully saturated rings. The zero-order valence-corrected chi connectivity index (χ0v) is 54.8. The number of nitrogens with zero attached hydrogens (tertiary/aromatic N) is 5. The number of benzene rings is 11. The summed E-state index contributed by atoms with van der Waals surface area (Å²) in [4.78, 5) is 14.7. The Morgan fingerprint density at radius 3 is 1.39 bits per heavy atom. The van der Waals surface area contributed by atoms with Gasteiger partial charge in [0.2, 0.25) is 0 Å². The molecule has 0 amide bonds. The van der Waals surface area contributed by atoms with Crippen molar-refractivity contribution in [2.45, 2.75) is 78.6 Å². The molecule has 0 spiro atoms. The third kappa shape index (κ3) is 11.3. The van der Waals surface area contributed by atoms with E-state index in [1.54, 1.807) is 0 Å². The summed E-state index contributed by atoms with van der Waals surface area (Å²) in [6.45, 7) is 22.9. The Labute approximate surface area is 546 Å². The number of anilines is 10. The van der Waals surface area contributed by atoms with Crippen molar-refractivity contribution in [2.24, 2.45) is 0 Å². The minimum atomic E-state index is -0.261. The number of pyridine rings is 1. The predicted octanol–water partition coefficient (Wildman–Crippen LogP) is 23.2. The van der Waals surface area contributed by atoms with Crippen LogP contribution in [0.15, 0.2) is 267 Å². The first-order valence-corrected chi connectivity index (χ1v) is 31.0. The zero-order chi connectivity index (χ0) is 61.2. The molecule has 2 aliphatic heterocycles. The summed E-state index contributed by atoms with van der Waals surface area (Å²) >= 11 is 0. The van der Waals surface area contributed by atoms with Gasteiger partial charge in [-0.3, -0.25) is 0 Å². The second-order valence-corrected chi connectivity index (χ2v) is 26.6. The van der Waals surface area contributed by atoms with E-state index in [4.69, 9.17) is 4.98 Å². The second kappa shape index (κ2) is 23.8. The molecule has 5 nitrogen and oxygen atoms in total. The molecule has 6 heteroatoms. The Morgan fingerprint density at radius 2 is 0.833 bits per heavy atom. The fourth-order valence-corrected chi connectivity index (χ4v) is 12.6. The van der Waals surface area contributed by atoms with Crippen LogP contribution in [0.1, 0.15) is 79.0 Å². The van der Waals surface area contributed by atoms with E-state index in [-0.39, 0.29) is 37.3 Å². The maximum atomic E-state index is 5.27. The van der Waals surface area contributed by atoms with Crippen LogP contribution in [0.25, 0.3) is 66.8 Å². The van der Waals surface area contributed by atoms with Crippen molar-refractivity contribution in [2.75, 3.05) is 19.6 Å². The zero-order valence-electron chi connectivity index (χ0n) is 52.5. The number of para-hydroxylation sites is 4. The summed E-state index contributed by atoms with van der Waals surface area (Å²) in [6.07, 6.45) is 2.04. The fraction of sp³-hybridized carbons (Fsp3) is 0.143. The van der Waals surface area contributed by atoms with Gasteiger partial charge in [-0.25, -0.2) is 4.98 Å². The molecule has 0 saturated carbocycles. The third-order valence-electron chi connectivity index (χ3n) is 17.5. The van der Waals surface area contributed by atoms with Gasteiger partial charge in [-0.1, -0.05) is 261 Å². The van der Waals surface area contributed by atoms with Crippen molar-refractivity contribution in [1.82, 2.24) is 4.98 Å². The van der Waals surface area contributed by atoms with Crippen molar-refractivity contribution in [3.05, 3.63) is 303 Å². The van der Waals surface area contributed by atoms with Crippen LogP contribution < -0.4 is 19.6 Å². The van der Waals surface area contributed by atoms with Crippen molar-refractivity contribution in [1.29, 1.82) is 0 Å². The predicted molar refractivity (Wildman–Crippen MR) is 375 cm³/mol. The smallest absolute Gasteiger partial charge is 0.135 e. The normalized spacial score (nSPS) is 12.7. The number of fused-ring (bicyclic) bond motifs is 6. The summed E-state index contributed by atoms with van der Waals surface area (Å²) in [6, 6.07) is 103. The molecule has 0 aliphatic carbocycles. The summed E-state index contributed by atoms with van der Waals surface area (Å²) in [7, 11) is 0. The largest absolute Gasteiger partial charge is 0.493 e. The fourth-order valence-electron chi connectivity index (χ4n) is 12.6.